The van der Waals surface area contributed by atoms with E-state index >= 15 is 0 Å². The number of nitro benzene ring substituents is 2. The van der Waals surface area contributed by atoms with Crippen molar-refractivity contribution in [1.82, 2.24) is 0 Å². The van der Waals surface area contributed by atoms with Gasteiger partial charge in [0.15, 0.2) is 0 Å². The maximum atomic E-state index is 12.7. The molecule has 0 saturated carbocycles. The lowest BCUT2D eigenvalue weighted by Gasteiger charge is -2.05. The van der Waals surface area contributed by atoms with Gasteiger partial charge in [-0.25, -0.2) is 0 Å². The van der Waals surface area contributed by atoms with Crippen LogP contribution in [-0.2, 0) is 6.42 Å². The molecule has 31 heavy (non-hydrogen) atoms. The summed E-state index contributed by atoms with van der Waals surface area (Å²) in [5.41, 5.74) is 5.76. The second-order valence-electron chi connectivity index (χ2n) is 6.59. The van der Waals surface area contributed by atoms with Crippen LogP contribution in [0, 0.1) is 27.2 Å². The number of thiophene rings is 1. The van der Waals surface area contributed by atoms with Crippen LogP contribution in [0.25, 0.3) is 0 Å². The lowest BCUT2D eigenvalue weighted by molar-refractivity contribution is -0.394. The average molecular weight is 440 g/mol. The quantitative estimate of drug-likeness (QED) is 0.420. The number of amides is 2. The van der Waals surface area contributed by atoms with Crippen molar-refractivity contribution in [2.24, 2.45) is 5.73 Å². The maximum absolute atomic E-state index is 12.7. The molecule has 0 aliphatic rings. The van der Waals surface area contributed by atoms with Gasteiger partial charge >= 0.3 is 0 Å². The number of hydrogen-bond donors (Lipinski definition) is 2. The van der Waals surface area contributed by atoms with Gasteiger partial charge in [0, 0.05) is 23.4 Å². The minimum absolute atomic E-state index is 0.129. The molecule has 3 rings (SSSR count). The molecule has 1 aromatic heterocycles. The molecule has 0 bridgehead atoms. The third-order valence-corrected chi connectivity index (χ3v) is 5.72. The fraction of sp³-hybridized carbons (Fsp3) is 0.100. The molecular weight excluding hydrogens is 424 g/mol. The normalized spacial score (nSPS) is 10.5. The van der Waals surface area contributed by atoms with E-state index in [4.69, 9.17) is 5.73 Å². The second kappa shape index (κ2) is 8.71. The molecule has 0 unspecified atom stereocenters. The maximum Gasteiger partial charge on any atom is 0.277 e. The number of non-ortho nitro benzene ring substituents is 2. The number of nitrogens with zero attached hydrogens (tertiary/aromatic N) is 2. The third-order valence-electron chi connectivity index (χ3n) is 4.51. The number of primary amides is 1. The number of hydrogen-bond acceptors (Lipinski definition) is 7. The van der Waals surface area contributed by atoms with Crippen molar-refractivity contribution in [3.8, 4) is 0 Å². The van der Waals surface area contributed by atoms with Crippen LogP contribution in [0.4, 0.5) is 16.4 Å². The fourth-order valence-corrected chi connectivity index (χ4v) is 4.25. The summed E-state index contributed by atoms with van der Waals surface area (Å²) < 4.78 is 0. The van der Waals surface area contributed by atoms with Gasteiger partial charge in [0.2, 0.25) is 0 Å². The molecule has 0 atom stereocenters. The molecule has 0 aliphatic heterocycles. The van der Waals surface area contributed by atoms with Gasteiger partial charge < -0.3 is 11.1 Å². The Hall–Kier alpha value is -4.12. The molecule has 3 N–H and O–H groups in total. The number of carbonyl (C=O) groups excluding carboxylic acids is 2. The van der Waals surface area contributed by atoms with Crippen LogP contribution in [0.3, 0.4) is 0 Å². The molecule has 11 heteroatoms. The summed E-state index contributed by atoms with van der Waals surface area (Å²) in [5.74, 6) is -1.57. The molecule has 1 heterocycles. The molecule has 2 aromatic carbocycles. The summed E-state index contributed by atoms with van der Waals surface area (Å²) in [7, 11) is 0. The van der Waals surface area contributed by atoms with Crippen molar-refractivity contribution in [2.45, 2.75) is 13.3 Å². The van der Waals surface area contributed by atoms with Crippen LogP contribution in [0.5, 0.6) is 0 Å². The van der Waals surface area contributed by atoms with E-state index in [-0.39, 0.29) is 16.1 Å². The van der Waals surface area contributed by atoms with Crippen molar-refractivity contribution in [3.05, 3.63) is 95.9 Å². The smallest absolute Gasteiger partial charge is 0.277 e. The van der Waals surface area contributed by atoms with Crippen molar-refractivity contribution >= 4 is 39.5 Å². The Morgan fingerprint density at radius 2 is 1.61 bits per heavy atom. The number of rotatable bonds is 7. The summed E-state index contributed by atoms with van der Waals surface area (Å²) >= 11 is 1.15. The lowest BCUT2D eigenvalue weighted by atomic mass is 10.1. The molecule has 0 spiro atoms. The molecule has 2 amide bonds. The van der Waals surface area contributed by atoms with Gasteiger partial charge in [0.05, 0.1) is 27.0 Å². The first-order valence-electron chi connectivity index (χ1n) is 8.88. The van der Waals surface area contributed by atoms with E-state index in [0.29, 0.717) is 12.0 Å². The van der Waals surface area contributed by atoms with E-state index < -0.39 is 33.0 Å². The van der Waals surface area contributed by atoms with Crippen molar-refractivity contribution in [2.75, 3.05) is 5.32 Å². The van der Waals surface area contributed by atoms with E-state index in [1.54, 1.807) is 6.92 Å². The summed E-state index contributed by atoms with van der Waals surface area (Å²) in [6, 6.07) is 12.1. The number of nitro groups is 2. The van der Waals surface area contributed by atoms with E-state index in [2.05, 4.69) is 5.32 Å². The first kappa shape index (κ1) is 21.6. The first-order chi connectivity index (χ1) is 14.7. The van der Waals surface area contributed by atoms with E-state index in [1.807, 2.05) is 30.3 Å². The Morgan fingerprint density at radius 3 is 2.13 bits per heavy atom. The monoisotopic (exact) mass is 440 g/mol. The molecule has 10 nitrogen and oxygen atoms in total. The average Bonchev–Trinajstić information content (AvgIpc) is 3.03. The highest BCUT2D eigenvalue weighted by Crippen LogP contribution is 2.35. The molecule has 0 radical (unpaired) electrons. The highest BCUT2D eigenvalue weighted by Gasteiger charge is 2.24. The minimum atomic E-state index is -0.832. The summed E-state index contributed by atoms with van der Waals surface area (Å²) in [5, 5.41) is 24.8. The predicted octanol–water partition coefficient (Wildman–Crippen LogP) is 3.81. The Labute approximate surface area is 179 Å². The number of nitrogens with two attached hydrogens (primary N) is 1. The van der Waals surface area contributed by atoms with Gasteiger partial charge in [-0.3, -0.25) is 29.8 Å². The van der Waals surface area contributed by atoms with Crippen LogP contribution in [0.15, 0.2) is 48.5 Å². The fourth-order valence-electron chi connectivity index (χ4n) is 3.01. The second-order valence-corrected chi connectivity index (χ2v) is 7.69. The van der Waals surface area contributed by atoms with Gasteiger partial charge in [-0.2, -0.15) is 0 Å². The number of anilines is 1. The topological polar surface area (TPSA) is 158 Å². The van der Waals surface area contributed by atoms with Gasteiger partial charge in [-0.05, 0) is 18.1 Å². The zero-order chi connectivity index (χ0) is 22.7. The highest BCUT2D eigenvalue weighted by atomic mass is 32.1. The predicted molar refractivity (Wildman–Crippen MR) is 115 cm³/mol. The lowest BCUT2D eigenvalue weighted by Crippen LogP contribution is -2.17. The zero-order valence-corrected chi connectivity index (χ0v) is 17.0. The van der Waals surface area contributed by atoms with Gasteiger partial charge in [0.1, 0.15) is 5.00 Å². The van der Waals surface area contributed by atoms with Crippen LogP contribution in [0.1, 0.15) is 36.7 Å². The van der Waals surface area contributed by atoms with E-state index in [0.717, 1.165) is 40.0 Å². The minimum Gasteiger partial charge on any atom is -0.365 e. The van der Waals surface area contributed by atoms with Crippen LogP contribution in [-0.4, -0.2) is 21.7 Å². The van der Waals surface area contributed by atoms with Gasteiger partial charge in [0.25, 0.3) is 23.2 Å². The molecule has 0 aliphatic carbocycles. The molecule has 158 valence electrons. The Bertz CT molecular complexity index is 1170. The molecule has 0 saturated heterocycles. The van der Waals surface area contributed by atoms with Crippen molar-refractivity contribution < 1.29 is 19.4 Å². The van der Waals surface area contributed by atoms with E-state index in [9.17, 15) is 29.8 Å². The Kier molecular flexibility index (Phi) is 6.07. The standard InChI is InChI=1S/C20H16N4O6S/c1-11-16(7-12-5-3-2-4-6-12)31-20(17(11)18(21)25)22-19(26)13-8-14(23(27)28)10-15(9-13)24(29)30/h2-6,8-10H,7H2,1H3,(H2,21,25)(H,22,26). The summed E-state index contributed by atoms with van der Waals surface area (Å²) in [6.45, 7) is 1.71. The third kappa shape index (κ3) is 4.73. The SMILES string of the molecule is Cc1c(Cc2ccccc2)sc(NC(=O)c2cc([N+](=O)[O-])cc([N+](=O)[O-])c2)c1C(N)=O. The van der Waals surface area contributed by atoms with Gasteiger partial charge in [-0.1, -0.05) is 30.3 Å². The zero-order valence-electron chi connectivity index (χ0n) is 16.2. The highest BCUT2D eigenvalue weighted by molar-refractivity contribution is 7.17. The summed E-state index contributed by atoms with van der Waals surface area (Å²) in [4.78, 5) is 46.0. The van der Waals surface area contributed by atoms with E-state index in [1.165, 1.54) is 0 Å². The van der Waals surface area contributed by atoms with Crippen molar-refractivity contribution in [1.29, 1.82) is 0 Å². The number of nitrogens with one attached hydrogen (secondary N) is 1. The van der Waals surface area contributed by atoms with Crippen LogP contribution < -0.4 is 11.1 Å². The van der Waals surface area contributed by atoms with Crippen molar-refractivity contribution in [3.63, 3.8) is 0 Å². The summed E-state index contributed by atoms with van der Waals surface area (Å²) in [6.07, 6.45) is 0.510. The molecule has 0 fully saturated rings. The number of benzene rings is 2. The molecular formula is C20H16N4O6S. The number of carbonyl (C=O) groups is 2. The van der Waals surface area contributed by atoms with Crippen LogP contribution in [0.2, 0.25) is 0 Å². The van der Waals surface area contributed by atoms with Gasteiger partial charge in [-0.15, -0.1) is 11.3 Å². The first-order valence-corrected chi connectivity index (χ1v) is 9.70. The van der Waals surface area contributed by atoms with Crippen LogP contribution >= 0.6 is 11.3 Å². The largest absolute Gasteiger partial charge is 0.365 e. The Morgan fingerprint density at radius 1 is 1.03 bits per heavy atom. The molecule has 3 aromatic rings. The Balaban J connectivity index is 1.97.